The van der Waals surface area contributed by atoms with E-state index in [0.29, 0.717) is 57.0 Å². The fourth-order valence-corrected chi connectivity index (χ4v) is 7.97. The molecule has 0 radical (unpaired) electrons. The molecular formula is C32H27ClI2N2O6S. The summed E-state index contributed by atoms with van der Waals surface area (Å²) in [6, 6.07) is 16.1. The number of aromatic nitrogens is 1. The molecule has 12 heteroatoms. The van der Waals surface area contributed by atoms with E-state index in [0.717, 1.165) is 18.3 Å². The van der Waals surface area contributed by atoms with Gasteiger partial charge in [0.05, 0.1) is 40.0 Å². The van der Waals surface area contributed by atoms with Crippen LogP contribution in [0.2, 0.25) is 5.02 Å². The molecule has 3 aromatic carbocycles. The lowest BCUT2D eigenvalue weighted by Crippen LogP contribution is -2.39. The van der Waals surface area contributed by atoms with Crippen LogP contribution in [0.3, 0.4) is 0 Å². The summed E-state index contributed by atoms with van der Waals surface area (Å²) < 4.78 is 26.8. The number of fused-ring (bicyclic) bond motifs is 1. The molecule has 5 rings (SSSR count). The highest BCUT2D eigenvalue weighted by Crippen LogP contribution is 2.35. The average molecular weight is 857 g/mol. The van der Waals surface area contributed by atoms with Gasteiger partial charge in [0.15, 0.2) is 16.3 Å². The highest BCUT2D eigenvalue weighted by atomic mass is 127. The maximum absolute atomic E-state index is 14.1. The molecule has 0 aliphatic carbocycles. The molecule has 0 spiro atoms. The van der Waals surface area contributed by atoms with Crippen molar-refractivity contribution in [2.75, 3.05) is 20.3 Å². The summed E-state index contributed by atoms with van der Waals surface area (Å²) in [6.45, 7) is 4.96. The first-order chi connectivity index (χ1) is 21.2. The Bertz CT molecular complexity index is 1940. The summed E-state index contributed by atoms with van der Waals surface area (Å²) in [5.74, 6) is 1.16. The number of esters is 1. The van der Waals surface area contributed by atoms with Gasteiger partial charge in [-0.3, -0.25) is 9.36 Å². The molecule has 2 heterocycles. The third kappa shape index (κ3) is 7.00. The SMILES string of the molecule is CCOc1ccc([C@H]2C(C(=O)OC)=CN=c3s/c(=C/c4cc(I)cc(I)c4OCc4cccc(Cl)c4)c(=O)n32)cc1OCC. The molecule has 1 aliphatic heterocycles. The topological polar surface area (TPSA) is 88.4 Å². The van der Waals surface area contributed by atoms with Crippen LogP contribution < -0.4 is 29.1 Å². The molecule has 0 amide bonds. The predicted molar refractivity (Wildman–Crippen MR) is 188 cm³/mol. The predicted octanol–water partition coefficient (Wildman–Crippen LogP) is 6.26. The van der Waals surface area contributed by atoms with E-state index in [1.54, 1.807) is 12.1 Å². The molecule has 0 fully saturated rings. The van der Waals surface area contributed by atoms with E-state index in [1.165, 1.54) is 29.2 Å². The first-order valence-corrected chi connectivity index (χ1v) is 16.9. The maximum Gasteiger partial charge on any atom is 0.337 e. The first kappa shape index (κ1) is 32.5. The largest absolute Gasteiger partial charge is 0.490 e. The summed E-state index contributed by atoms with van der Waals surface area (Å²) in [4.78, 5) is 32.0. The van der Waals surface area contributed by atoms with Crippen molar-refractivity contribution in [2.45, 2.75) is 26.5 Å². The molecule has 8 nitrogen and oxygen atoms in total. The lowest BCUT2D eigenvalue weighted by molar-refractivity contribution is -0.136. The quantitative estimate of drug-likeness (QED) is 0.139. The molecule has 4 aromatic rings. The highest BCUT2D eigenvalue weighted by molar-refractivity contribution is 14.1. The molecule has 1 aromatic heterocycles. The van der Waals surface area contributed by atoms with Gasteiger partial charge in [0.1, 0.15) is 12.4 Å². The lowest BCUT2D eigenvalue weighted by atomic mass is 9.97. The fourth-order valence-electron chi connectivity index (χ4n) is 4.75. The van der Waals surface area contributed by atoms with Crippen LogP contribution in [0, 0.1) is 7.14 Å². The second-order valence-corrected chi connectivity index (χ2v) is 13.3. The molecule has 0 N–H and O–H groups in total. The van der Waals surface area contributed by atoms with Gasteiger partial charge in [-0.1, -0.05) is 41.1 Å². The van der Waals surface area contributed by atoms with Crippen molar-refractivity contribution in [2.24, 2.45) is 4.99 Å². The zero-order valence-electron chi connectivity index (χ0n) is 23.9. The summed E-state index contributed by atoms with van der Waals surface area (Å²) in [5, 5.41) is 0.631. The van der Waals surface area contributed by atoms with E-state index < -0.39 is 12.0 Å². The number of hydrogen-bond donors (Lipinski definition) is 0. The molecule has 0 bridgehead atoms. The van der Waals surface area contributed by atoms with E-state index in [4.69, 9.17) is 30.5 Å². The Hall–Kier alpha value is -2.88. The zero-order chi connectivity index (χ0) is 31.4. The number of nitrogens with zero attached hydrogens (tertiary/aromatic N) is 2. The van der Waals surface area contributed by atoms with Crippen molar-refractivity contribution < 1.29 is 23.7 Å². The summed E-state index contributed by atoms with van der Waals surface area (Å²) >= 11 is 11.9. The van der Waals surface area contributed by atoms with Crippen molar-refractivity contribution in [3.8, 4) is 17.2 Å². The zero-order valence-corrected chi connectivity index (χ0v) is 29.8. The number of benzene rings is 3. The number of halogens is 3. The minimum Gasteiger partial charge on any atom is -0.490 e. The summed E-state index contributed by atoms with van der Waals surface area (Å²) in [6.07, 6.45) is 3.28. The number of hydrogen-bond acceptors (Lipinski definition) is 8. The Morgan fingerprint density at radius 2 is 1.82 bits per heavy atom. The van der Waals surface area contributed by atoms with Crippen molar-refractivity contribution in [3.63, 3.8) is 0 Å². The van der Waals surface area contributed by atoms with Gasteiger partial charge in [-0.2, -0.15) is 0 Å². The highest BCUT2D eigenvalue weighted by Gasteiger charge is 2.31. The third-order valence-electron chi connectivity index (χ3n) is 6.60. The van der Waals surface area contributed by atoms with Crippen molar-refractivity contribution in [3.05, 3.63) is 115 Å². The Kier molecular flexibility index (Phi) is 10.7. The fraction of sp³-hybridized carbons (Fsp3) is 0.219. The van der Waals surface area contributed by atoms with Crippen LogP contribution >= 0.6 is 68.1 Å². The van der Waals surface area contributed by atoms with E-state index >= 15 is 0 Å². The van der Waals surface area contributed by atoms with Crippen LogP contribution in [0.15, 0.2) is 76.2 Å². The first-order valence-electron chi connectivity index (χ1n) is 13.6. The van der Waals surface area contributed by atoms with Gasteiger partial charge in [-0.25, -0.2) is 9.79 Å². The Morgan fingerprint density at radius 1 is 1.05 bits per heavy atom. The maximum atomic E-state index is 14.1. The number of carbonyl (C=O) groups excluding carboxylic acids is 1. The number of ether oxygens (including phenoxy) is 4. The number of rotatable bonds is 10. The lowest BCUT2D eigenvalue weighted by Gasteiger charge is -2.23. The Labute approximate surface area is 290 Å². The van der Waals surface area contributed by atoms with Crippen molar-refractivity contribution >= 4 is 80.2 Å². The summed E-state index contributed by atoms with van der Waals surface area (Å²) in [5.41, 5.74) is 2.26. The van der Waals surface area contributed by atoms with Crippen LogP contribution in [-0.4, -0.2) is 30.9 Å². The molecule has 0 unspecified atom stereocenters. The minimum absolute atomic E-state index is 0.229. The van der Waals surface area contributed by atoms with Crippen molar-refractivity contribution in [1.82, 2.24) is 4.57 Å². The molecule has 1 atom stereocenters. The third-order valence-corrected chi connectivity index (χ3v) is 9.26. The van der Waals surface area contributed by atoms with Crippen LogP contribution in [0.1, 0.15) is 36.6 Å². The van der Waals surface area contributed by atoms with Gasteiger partial charge in [-0.15, -0.1) is 0 Å². The van der Waals surface area contributed by atoms with E-state index in [2.05, 4.69) is 50.2 Å². The Morgan fingerprint density at radius 3 is 2.55 bits per heavy atom. The van der Waals surface area contributed by atoms with Crippen LogP contribution in [0.25, 0.3) is 6.08 Å². The van der Waals surface area contributed by atoms with E-state index in [1.807, 2.05) is 62.4 Å². The van der Waals surface area contributed by atoms with Gasteiger partial charge in [0.25, 0.3) is 5.56 Å². The van der Waals surface area contributed by atoms with Crippen LogP contribution in [0.5, 0.6) is 17.2 Å². The average Bonchev–Trinajstić information content (AvgIpc) is 3.31. The van der Waals surface area contributed by atoms with Gasteiger partial charge in [-0.05, 0) is 113 Å². The van der Waals surface area contributed by atoms with Gasteiger partial charge in [0.2, 0.25) is 0 Å². The molecule has 0 saturated carbocycles. The smallest absolute Gasteiger partial charge is 0.337 e. The van der Waals surface area contributed by atoms with E-state index in [9.17, 15) is 9.59 Å². The molecule has 1 aliphatic rings. The minimum atomic E-state index is -0.787. The monoisotopic (exact) mass is 856 g/mol. The number of carbonyl (C=O) groups is 1. The second kappa shape index (κ2) is 14.5. The molecule has 44 heavy (non-hydrogen) atoms. The van der Waals surface area contributed by atoms with Crippen LogP contribution in [-0.2, 0) is 16.1 Å². The van der Waals surface area contributed by atoms with E-state index in [-0.39, 0.29) is 11.1 Å². The van der Waals surface area contributed by atoms with Gasteiger partial charge < -0.3 is 18.9 Å². The standard InChI is InChI=1S/C32H27ClI2N2O6S/c1-4-41-25-10-9-19(13-26(25)42-5-2)28-23(31(39)40-3)16-36-32-37(28)30(38)27(44-32)14-20-12-22(34)15-24(35)29(20)43-17-18-7-6-8-21(33)11-18/h6-16,28H,4-5,17H2,1-3H3/b27-14+/t28-/m0/s1. The number of thiazole rings is 1. The second-order valence-electron chi connectivity index (χ2n) is 9.47. The number of methoxy groups -OCH3 is 1. The normalized spacial score (nSPS) is 14.4. The Balaban J connectivity index is 1.63. The molecule has 0 saturated heterocycles. The molecule has 228 valence electrons. The summed E-state index contributed by atoms with van der Waals surface area (Å²) in [7, 11) is 1.30. The van der Waals surface area contributed by atoms with Gasteiger partial charge >= 0.3 is 5.97 Å². The van der Waals surface area contributed by atoms with Gasteiger partial charge in [0, 0.05) is 20.4 Å². The van der Waals surface area contributed by atoms with Crippen molar-refractivity contribution in [1.29, 1.82) is 0 Å². The molecular weight excluding hydrogens is 830 g/mol. The van der Waals surface area contributed by atoms with Crippen LogP contribution in [0.4, 0.5) is 0 Å².